The topological polar surface area (TPSA) is 74.7 Å². The lowest BCUT2D eigenvalue weighted by atomic mass is 10.1. The summed E-state index contributed by atoms with van der Waals surface area (Å²) >= 11 is 3.06. The maximum Gasteiger partial charge on any atom is 0.190 e. The monoisotopic (exact) mass is 427 g/mol. The predicted octanol–water partition coefficient (Wildman–Crippen LogP) is 4.95. The maximum absolute atomic E-state index is 5.67. The summed E-state index contributed by atoms with van der Waals surface area (Å²) in [5.41, 5.74) is 2.70. The number of hydrogen-bond acceptors (Lipinski definition) is 9. The van der Waals surface area contributed by atoms with E-state index >= 15 is 0 Å². The highest BCUT2D eigenvalue weighted by molar-refractivity contribution is 7.22. The van der Waals surface area contributed by atoms with Gasteiger partial charge in [-0.1, -0.05) is 11.3 Å². The van der Waals surface area contributed by atoms with Gasteiger partial charge in [-0.25, -0.2) is 9.97 Å². The van der Waals surface area contributed by atoms with Crippen molar-refractivity contribution in [3.8, 4) is 34.3 Å². The van der Waals surface area contributed by atoms with E-state index in [0.29, 0.717) is 24.7 Å². The molecule has 7 nitrogen and oxygen atoms in total. The van der Waals surface area contributed by atoms with Crippen molar-refractivity contribution in [2.24, 2.45) is 0 Å². The van der Waals surface area contributed by atoms with Crippen molar-refractivity contribution in [3.63, 3.8) is 0 Å². The minimum absolute atomic E-state index is 0.563. The fourth-order valence-electron chi connectivity index (χ4n) is 3.07. The van der Waals surface area contributed by atoms with Gasteiger partial charge in [-0.05, 0) is 18.2 Å². The Morgan fingerprint density at radius 2 is 1.72 bits per heavy atom. The summed E-state index contributed by atoms with van der Waals surface area (Å²) in [4.78, 5) is 9.32. The van der Waals surface area contributed by atoms with Crippen LogP contribution in [0.3, 0.4) is 0 Å². The third-order valence-corrected chi connectivity index (χ3v) is 6.14. The predicted molar refractivity (Wildman–Crippen MR) is 115 cm³/mol. The van der Waals surface area contributed by atoms with Gasteiger partial charge in [0.1, 0.15) is 13.2 Å². The molecule has 2 aromatic heterocycles. The summed E-state index contributed by atoms with van der Waals surface area (Å²) in [6.07, 6.45) is 0. The van der Waals surface area contributed by atoms with Gasteiger partial charge in [0.2, 0.25) is 0 Å². The molecule has 1 aliphatic rings. The highest BCUT2D eigenvalue weighted by Crippen LogP contribution is 2.38. The number of anilines is 2. The molecule has 0 fully saturated rings. The molecule has 4 aromatic rings. The van der Waals surface area contributed by atoms with E-state index in [2.05, 4.69) is 10.3 Å². The average Bonchev–Trinajstić information content (AvgIpc) is 3.38. The molecule has 0 spiro atoms. The first-order valence-electron chi connectivity index (χ1n) is 8.88. The fourth-order valence-corrected chi connectivity index (χ4v) is 4.72. The lowest BCUT2D eigenvalue weighted by molar-refractivity contribution is 0.171. The lowest BCUT2D eigenvalue weighted by Crippen LogP contribution is -2.15. The van der Waals surface area contributed by atoms with E-state index in [0.717, 1.165) is 43.2 Å². The molecule has 1 aliphatic heterocycles. The molecule has 0 radical (unpaired) electrons. The third kappa shape index (κ3) is 3.43. The molecule has 148 valence electrons. The summed E-state index contributed by atoms with van der Waals surface area (Å²) in [5.74, 6) is 2.87. The SMILES string of the molecule is COc1cc2nc(Nc3nc(-c4ccc5c(c4)OCCO5)cs3)sc2cc1OC. The van der Waals surface area contributed by atoms with Crippen molar-refractivity contribution < 1.29 is 18.9 Å². The number of rotatable bonds is 5. The van der Waals surface area contributed by atoms with Crippen molar-refractivity contribution >= 4 is 43.2 Å². The number of thiazole rings is 2. The Balaban J connectivity index is 1.40. The first kappa shape index (κ1) is 18.0. The van der Waals surface area contributed by atoms with Crippen LogP contribution in [0.25, 0.3) is 21.5 Å². The van der Waals surface area contributed by atoms with Crippen LogP contribution in [0.15, 0.2) is 35.7 Å². The molecule has 0 aliphatic carbocycles. The van der Waals surface area contributed by atoms with Gasteiger partial charge in [-0.3, -0.25) is 0 Å². The minimum Gasteiger partial charge on any atom is -0.493 e. The highest BCUT2D eigenvalue weighted by atomic mass is 32.1. The summed E-state index contributed by atoms with van der Waals surface area (Å²) in [5, 5.41) is 6.84. The molecular weight excluding hydrogens is 410 g/mol. The van der Waals surface area contributed by atoms with Gasteiger partial charge >= 0.3 is 0 Å². The maximum atomic E-state index is 5.67. The Morgan fingerprint density at radius 3 is 2.55 bits per heavy atom. The van der Waals surface area contributed by atoms with Gasteiger partial charge in [0, 0.05) is 23.1 Å². The number of benzene rings is 2. The summed E-state index contributed by atoms with van der Waals surface area (Å²) < 4.78 is 23.0. The number of fused-ring (bicyclic) bond motifs is 2. The number of nitrogens with zero attached hydrogens (tertiary/aromatic N) is 2. The van der Waals surface area contributed by atoms with Crippen LogP contribution in [0.4, 0.5) is 10.3 Å². The van der Waals surface area contributed by atoms with Crippen molar-refractivity contribution in [3.05, 3.63) is 35.7 Å². The Hall–Kier alpha value is -3.04. The van der Waals surface area contributed by atoms with Crippen LogP contribution in [0.2, 0.25) is 0 Å². The van der Waals surface area contributed by atoms with Crippen molar-refractivity contribution in [2.75, 3.05) is 32.8 Å². The number of aromatic nitrogens is 2. The van der Waals surface area contributed by atoms with Crippen LogP contribution < -0.4 is 24.3 Å². The second-order valence-electron chi connectivity index (χ2n) is 6.22. The van der Waals surface area contributed by atoms with Crippen molar-refractivity contribution in [1.82, 2.24) is 9.97 Å². The van der Waals surface area contributed by atoms with E-state index in [9.17, 15) is 0 Å². The molecule has 29 heavy (non-hydrogen) atoms. The van der Waals surface area contributed by atoms with Gasteiger partial charge in [-0.15, -0.1) is 11.3 Å². The normalized spacial score (nSPS) is 12.8. The van der Waals surface area contributed by atoms with Crippen molar-refractivity contribution in [1.29, 1.82) is 0 Å². The number of methoxy groups -OCH3 is 2. The Morgan fingerprint density at radius 1 is 0.931 bits per heavy atom. The Labute approximate surface area is 174 Å². The number of ether oxygens (including phenoxy) is 4. The van der Waals surface area contributed by atoms with Gasteiger partial charge in [-0.2, -0.15) is 0 Å². The lowest BCUT2D eigenvalue weighted by Gasteiger charge is -2.18. The molecule has 5 rings (SSSR count). The summed E-state index contributed by atoms with van der Waals surface area (Å²) in [6, 6.07) is 9.68. The van der Waals surface area contributed by atoms with Crippen molar-refractivity contribution in [2.45, 2.75) is 0 Å². The van der Waals surface area contributed by atoms with E-state index in [1.807, 2.05) is 35.7 Å². The zero-order valence-electron chi connectivity index (χ0n) is 15.7. The van der Waals surface area contributed by atoms with Gasteiger partial charge < -0.3 is 24.3 Å². The highest BCUT2D eigenvalue weighted by Gasteiger charge is 2.15. The Kier molecular flexibility index (Phi) is 4.61. The molecule has 0 saturated carbocycles. The molecule has 3 heterocycles. The van der Waals surface area contributed by atoms with Crippen LogP contribution >= 0.6 is 22.7 Å². The second-order valence-corrected chi connectivity index (χ2v) is 8.10. The quantitative estimate of drug-likeness (QED) is 0.483. The van der Waals surface area contributed by atoms with Crippen LogP contribution in [0, 0.1) is 0 Å². The molecule has 0 atom stereocenters. The molecule has 9 heteroatoms. The summed E-state index contributed by atoms with van der Waals surface area (Å²) in [7, 11) is 3.24. The zero-order valence-corrected chi connectivity index (χ0v) is 17.4. The second kappa shape index (κ2) is 7.41. The third-order valence-electron chi connectivity index (χ3n) is 4.45. The first-order chi connectivity index (χ1) is 14.2. The zero-order chi connectivity index (χ0) is 19.8. The first-order valence-corrected chi connectivity index (χ1v) is 10.6. The van der Waals surface area contributed by atoms with Gasteiger partial charge in [0.05, 0.1) is 30.1 Å². The molecule has 0 bridgehead atoms. The van der Waals surface area contributed by atoms with E-state index in [1.54, 1.807) is 14.2 Å². The van der Waals surface area contributed by atoms with Crippen LogP contribution in [-0.4, -0.2) is 37.4 Å². The fraction of sp³-hybridized carbons (Fsp3) is 0.200. The Bertz CT molecular complexity index is 1150. The molecule has 0 saturated heterocycles. The standard InChI is InChI=1S/C20H17N3O4S2/c1-24-15-8-12-18(9-16(15)25-2)29-20(21-12)23-19-22-13(10-28-19)11-3-4-14-17(7-11)27-6-5-26-14/h3-4,7-10H,5-6H2,1-2H3,(H,21,22,23). The number of hydrogen-bond donors (Lipinski definition) is 1. The van der Waals surface area contributed by atoms with E-state index < -0.39 is 0 Å². The molecule has 2 aromatic carbocycles. The smallest absolute Gasteiger partial charge is 0.190 e. The molecule has 1 N–H and O–H groups in total. The van der Waals surface area contributed by atoms with Crippen LogP contribution in [0.1, 0.15) is 0 Å². The molecule has 0 amide bonds. The number of nitrogens with one attached hydrogen (secondary N) is 1. The van der Waals surface area contributed by atoms with Crippen LogP contribution in [-0.2, 0) is 0 Å². The minimum atomic E-state index is 0.563. The summed E-state index contributed by atoms with van der Waals surface area (Å²) in [6.45, 7) is 1.14. The largest absolute Gasteiger partial charge is 0.493 e. The van der Waals surface area contributed by atoms with E-state index in [4.69, 9.17) is 23.9 Å². The van der Waals surface area contributed by atoms with Gasteiger partial charge in [0.15, 0.2) is 33.3 Å². The van der Waals surface area contributed by atoms with Gasteiger partial charge in [0.25, 0.3) is 0 Å². The van der Waals surface area contributed by atoms with Crippen LogP contribution in [0.5, 0.6) is 23.0 Å². The molecule has 0 unspecified atom stereocenters. The van der Waals surface area contributed by atoms with E-state index in [1.165, 1.54) is 22.7 Å². The molecular formula is C20H17N3O4S2. The van der Waals surface area contributed by atoms with E-state index in [-0.39, 0.29) is 0 Å². The average molecular weight is 428 g/mol.